The van der Waals surface area contributed by atoms with Crippen LogP contribution in [0.15, 0.2) is 72.8 Å². The lowest BCUT2D eigenvalue weighted by Gasteiger charge is -2.44. The van der Waals surface area contributed by atoms with E-state index in [0.717, 1.165) is 5.56 Å². The summed E-state index contributed by atoms with van der Waals surface area (Å²) in [5.74, 6) is 0.404. The first-order valence-corrected chi connectivity index (χ1v) is 13.4. The van der Waals surface area contributed by atoms with Crippen molar-refractivity contribution in [3.8, 4) is 11.5 Å². The van der Waals surface area contributed by atoms with Gasteiger partial charge in [-0.3, -0.25) is 14.5 Å². The molecule has 0 radical (unpaired) electrons. The van der Waals surface area contributed by atoms with Crippen LogP contribution in [0.2, 0.25) is 0 Å². The van der Waals surface area contributed by atoms with Crippen LogP contribution in [-0.4, -0.2) is 74.7 Å². The van der Waals surface area contributed by atoms with Crippen LogP contribution in [-0.2, 0) is 9.53 Å². The van der Waals surface area contributed by atoms with Gasteiger partial charge in [-0.1, -0.05) is 30.3 Å². The van der Waals surface area contributed by atoms with Crippen LogP contribution in [0.5, 0.6) is 11.5 Å². The third kappa shape index (κ3) is 5.06. The van der Waals surface area contributed by atoms with Gasteiger partial charge >= 0.3 is 6.09 Å². The lowest BCUT2D eigenvalue weighted by molar-refractivity contribution is -0.135. The lowest BCUT2D eigenvalue weighted by atomic mass is 9.78. The predicted octanol–water partition coefficient (Wildman–Crippen LogP) is 4.49. The maximum absolute atomic E-state index is 14.4. The number of rotatable bonds is 6. The molecular weight excluding hydrogens is 510 g/mol. The summed E-state index contributed by atoms with van der Waals surface area (Å²) in [4.78, 5) is 45.9. The second kappa shape index (κ2) is 11.7. The molecule has 0 N–H and O–H groups in total. The van der Waals surface area contributed by atoms with Crippen LogP contribution >= 0.6 is 0 Å². The number of hydrogen-bond donors (Lipinski definition) is 0. The normalized spacial score (nSPS) is 18.7. The molecule has 3 amide bonds. The molecule has 0 unspecified atom stereocenters. The van der Waals surface area contributed by atoms with E-state index < -0.39 is 12.0 Å². The minimum Gasteiger partial charge on any atom is -0.497 e. The average molecular weight is 544 g/mol. The number of carbonyl (C=O) groups is 3. The topological polar surface area (TPSA) is 88.6 Å². The SMILES string of the molecule is CCOC(=O)N1CCN(C(=O)[C@@H]2c3ccccc3C(=O)N(c3ccc(OC)cc3)[C@H]2c2ccc(OC)cc2)CC1. The Balaban J connectivity index is 1.58. The fourth-order valence-corrected chi connectivity index (χ4v) is 5.49. The first-order valence-electron chi connectivity index (χ1n) is 13.4. The molecule has 40 heavy (non-hydrogen) atoms. The molecule has 0 saturated carbocycles. The van der Waals surface area contributed by atoms with Crippen molar-refractivity contribution < 1.29 is 28.6 Å². The Hall–Kier alpha value is -4.53. The highest BCUT2D eigenvalue weighted by molar-refractivity contribution is 6.11. The first-order chi connectivity index (χ1) is 19.5. The van der Waals surface area contributed by atoms with Crippen LogP contribution in [0.3, 0.4) is 0 Å². The van der Waals surface area contributed by atoms with Crippen molar-refractivity contribution in [3.05, 3.63) is 89.5 Å². The van der Waals surface area contributed by atoms with Crippen molar-refractivity contribution >= 4 is 23.6 Å². The zero-order chi connectivity index (χ0) is 28.2. The summed E-state index contributed by atoms with van der Waals surface area (Å²) in [5.41, 5.74) is 2.65. The van der Waals surface area contributed by atoms with E-state index in [1.807, 2.05) is 54.6 Å². The summed E-state index contributed by atoms with van der Waals surface area (Å²) >= 11 is 0. The zero-order valence-corrected chi connectivity index (χ0v) is 22.9. The first kappa shape index (κ1) is 27.1. The van der Waals surface area contributed by atoms with Crippen molar-refractivity contribution in [2.24, 2.45) is 0 Å². The second-order valence-corrected chi connectivity index (χ2v) is 9.67. The van der Waals surface area contributed by atoms with Crippen molar-refractivity contribution in [1.82, 2.24) is 9.80 Å². The van der Waals surface area contributed by atoms with Crippen molar-refractivity contribution in [2.45, 2.75) is 18.9 Å². The van der Waals surface area contributed by atoms with E-state index in [1.54, 1.807) is 54.0 Å². The molecule has 2 aliphatic rings. The highest BCUT2D eigenvalue weighted by Crippen LogP contribution is 2.46. The van der Waals surface area contributed by atoms with E-state index in [4.69, 9.17) is 14.2 Å². The number of ether oxygens (including phenoxy) is 3. The monoisotopic (exact) mass is 543 g/mol. The van der Waals surface area contributed by atoms with E-state index >= 15 is 0 Å². The van der Waals surface area contributed by atoms with Crippen LogP contribution in [0.25, 0.3) is 0 Å². The number of piperazine rings is 1. The third-order valence-electron chi connectivity index (χ3n) is 7.53. The Labute approximate surface area is 233 Å². The molecule has 208 valence electrons. The van der Waals surface area contributed by atoms with Crippen molar-refractivity contribution in [2.75, 3.05) is 51.9 Å². The summed E-state index contributed by atoms with van der Waals surface area (Å²) in [5, 5.41) is 0. The molecule has 1 saturated heterocycles. The fraction of sp³-hybridized carbons (Fsp3) is 0.323. The van der Waals surface area contributed by atoms with Crippen LogP contribution < -0.4 is 14.4 Å². The largest absolute Gasteiger partial charge is 0.497 e. The smallest absolute Gasteiger partial charge is 0.409 e. The van der Waals surface area contributed by atoms with Gasteiger partial charge in [0, 0.05) is 37.4 Å². The quantitative estimate of drug-likeness (QED) is 0.455. The summed E-state index contributed by atoms with van der Waals surface area (Å²) in [6, 6.07) is 21.5. The molecule has 3 aromatic rings. The molecule has 2 atom stereocenters. The molecule has 2 heterocycles. The number of benzene rings is 3. The van der Waals surface area contributed by atoms with Gasteiger partial charge in [-0.15, -0.1) is 0 Å². The van der Waals surface area contributed by atoms with E-state index in [-0.39, 0.29) is 17.9 Å². The van der Waals surface area contributed by atoms with Gasteiger partial charge in [0.1, 0.15) is 11.5 Å². The molecule has 2 aliphatic heterocycles. The van der Waals surface area contributed by atoms with E-state index in [1.165, 1.54) is 0 Å². The maximum Gasteiger partial charge on any atom is 0.409 e. The molecule has 5 rings (SSSR count). The van der Waals surface area contributed by atoms with Crippen molar-refractivity contribution in [3.63, 3.8) is 0 Å². The molecule has 0 aliphatic carbocycles. The highest BCUT2D eigenvalue weighted by atomic mass is 16.6. The second-order valence-electron chi connectivity index (χ2n) is 9.67. The zero-order valence-electron chi connectivity index (χ0n) is 22.9. The molecule has 9 nitrogen and oxygen atoms in total. The molecular formula is C31H33N3O6. The van der Waals surface area contributed by atoms with Gasteiger partial charge in [0.25, 0.3) is 5.91 Å². The molecule has 0 aromatic heterocycles. The Morgan fingerprint density at radius 1 is 0.800 bits per heavy atom. The molecule has 3 aromatic carbocycles. The number of hydrogen-bond acceptors (Lipinski definition) is 6. The molecule has 1 fully saturated rings. The third-order valence-corrected chi connectivity index (χ3v) is 7.53. The summed E-state index contributed by atoms with van der Waals surface area (Å²) in [6.07, 6.45) is -0.370. The molecule has 9 heteroatoms. The van der Waals surface area contributed by atoms with E-state index in [0.29, 0.717) is 61.1 Å². The highest BCUT2D eigenvalue weighted by Gasteiger charge is 2.46. The van der Waals surface area contributed by atoms with Gasteiger partial charge in [-0.2, -0.15) is 0 Å². The van der Waals surface area contributed by atoms with Gasteiger partial charge in [0.2, 0.25) is 5.91 Å². The van der Waals surface area contributed by atoms with E-state index in [9.17, 15) is 14.4 Å². The Morgan fingerprint density at radius 3 is 1.98 bits per heavy atom. The fourth-order valence-electron chi connectivity index (χ4n) is 5.49. The van der Waals surface area contributed by atoms with Crippen LogP contribution in [0.1, 0.15) is 40.4 Å². The van der Waals surface area contributed by atoms with Crippen LogP contribution in [0, 0.1) is 0 Å². The number of fused-ring (bicyclic) bond motifs is 1. The standard InChI is InChI=1S/C31H33N3O6/c1-4-40-31(37)33-19-17-32(18-20-33)30(36)27-25-7-5-6-8-26(25)29(35)34(22-11-15-24(39-3)16-12-22)28(27)21-9-13-23(38-2)14-10-21/h5-16,27-28H,4,17-20H2,1-3H3/t27-,28+/m1/s1. The Kier molecular flexibility index (Phi) is 7.91. The number of methoxy groups -OCH3 is 2. The number of anilines is 1. The number of amides is 3. The minimum atomic E-state index is -0.668. The number of nitrogens with zero attached hydrogens (tertiary/aromatic N) is 3. The Morgan fingerprint density at radius 2 is 1.38 bits per heavy atom. The molecule has 0 bridgehead atoms. The van der Waals surface area contributed by atoms with Gasteiger partial charge in [0.15, 0.2) is 0 Å². The van der Waals surface area contributed by atoms with Gasteiger partial charge in [0.05, 0.1) is 32.8 Å². The predicted molar refractivity (Wildman–Crippen MR) is 150 cm³/mol. The van der Waals surface area contributed by atoms with Crippen LogP contribution in [0.4, 0.5) is 10.5 Å². The van der Waals surface area contributed by atoms with Gasteiger partial charge in [-0.05, 0) is 60.5 Å². The summed E-state index contributed by atoms with van der Waals surface area (Å²) < 4.78 is 15.9. The average Bonchev–Trinajstić information content (AvgIpc) is 3.01. The number of carbonyl (C=O) groups excluding carboxylic acids is 3. The maximum atomic E-state index is 14.4. The minimum absolute atomic E-state index is 0.0946. The lowest BCUT2D eigenvalue weighted by Crippen LogP contribution is -2.54. The van der Waals surface area contributed by atoms with Gasteiger partial charge < -0.3 is 24.0 Å². The van der Waals surface area contributed by atoms with E-state index in [2.05, 4.69) is 0 Å². The van der Waals surface area contributed by atoms with Gasteiger partial charge in [-0.25, -0.2) is 4.79 Å². The van der Waals surface area contributed by atoms with Crippen molar-refractivity contribution in [1.29, 1.82) is 0 Å². The summed E-state index contributed by atoms with van der Waals surface area (Å²) in [7, 11) is 3.19. The summed E-state index contributed by atoms with van der Waals surface area (Å²) in [6.45, 7) is 3.59. The Bertz CT molecular complexity index is 1370. The molecule has 0 spiro atoms.